The Morgan fingerprint density at radius 1 is 1.11 bits per heavy atom. The molecule has 27 heavy (non-hydrogen) atoms. The van der Waals surface area contributed by atoms with Gasteiger partial charge in [-0.05, 0) is 36.8 Å². The SMILES string of the molecule is Cc1ccc(Cl)c2sc(N3CCN(C(=O)c4cc(Br)ccc4Cl)CC3)nc12. The Morgan fingerprint density at radius 2 is 1.81 bits per heavy atom. The molecule has 0 spiro atoms. The molecule has 1 amide bonds. The van der Waals surface area contributed by atoms with Crippen LogP contribution in [0.4, 0.5) is 5.13 Å². The average molecular weight is 485 g/mol. The smallest absolute Gasteiger partial charge is 0.255 e. The molecule has 0 aliphatic carbocycles. The highest BCUT2D eigenvalue weighted by Gasteiger charge is 2.25. The molecule has 1 aliphatic heterocycles. The molecule has 1 saturated heterocycles. The molecule has 8 heteroatoms. The molecule has 0 unspecified atom stereocenters. The van der Waals surface area contributed by atoms with E-state index in [2.05, 4.69) is 20.8 Å². The first-order valence-electron chi connectivity index (χ1n) is 8.49. The number of rotatable bonds is 2. The van der Waals surface area contributed by atoms with Crippen molar-refractivity contribution in [2.24, 2.45) is 0 Å². The van der Waals surface area contributed by atoms with Gasteiger partial charge >= 0.3 is 0 Å². The van der Waals surface area contributed by atoms with Crippen LogP contribution >= 0.6 is 50.5 Å². The molecule has 0 atom stereocenters. The molecular weight excluding hydrogens is 469 g/mol. The first kappa shape index (κ1) is 19.0. The van der Waals surface area contributed by atoms with Gasteiger partial charge in [-0.3, -0.25) is 4.79 Å². The van der Waals surface area contributed by atoms with Gasteiger partial charge in [-0.25, -0.2) is 4.98 Å². The molecule has 140 valence electrons. The lowest BCUT2D eigenvalue weighted by atomic mass is 10.2. The maximum atomic E-state index is 12.8. The second-order valence-electron chi connectivity index (χ2n) is 6.44. The number of piperazine rings is 1. The van der Waals surface area contributed by atoms with Crippen molar-refractivity contribution in [2.45, 2.75) is 6.92 Å². The lowest BCUT2D eigenvalue weighted by Crippen LogP contribution is -2.48. The van der Waals surface area contributed by atoms with Gasteiger partial charge in [-0.1, -0.05) is 56.5 Å². The zero-order valence-electron chi connectivity index (χ0n) is 14.5. The Kier molecular flexibility index (Phi) is 5.34. The number of halogens is 3. The molecule has 0 N–H and O–H groups in total. The van der Waals surface area contributed by atoms with Crippen molar-refractivity contribution in [1.29, 1.82) is 0 Å². The van der Waals surface area contributed by atoms with E-state index in [1.165, 1.54) is 0 Å². The van der Waals surface area contributed by atoms with Gasteiger partial charge in [-0.15, -0.1) is 0 Å². The Morgan fingerprint density at radius 3 is 2.52 bits per heavy atom. The first-order chi connectivity index (χ1) is 12.9. The first-order valence-corrected chi connectivity index (χ1v) is 10.9. The van der Waals surface area contributed by atoms with Crippen LogP contribution in [-0.2, 0) is 0 Å². The van der Waals surface area contributed by atoms with Gasteiger partial charge in [-0.2, -0.15) is 0 Å². The van der Waals surface area contributed by atoms with E-state index in [1.54, 1.807) is 23.5 Å². The predicted molar refractivity (Wildman–Crippen MR) is 117 cm³/mol. The predicted octanol–water partition coefficient (Wildman–Crippen LogP) is 5.64. The van der Waals surface area contributed by atoms with Gasteiger partial charge in [0.1, 0.15) is 0 Å². The molecule has 1 aliphatic rings. The molecule has 0 radical (unpaired) electrons. The van der Waals surface area contributed by atoms with Crippen molar-refractivity contribution in [2.75, 3.05) is 31.1 Å². The van der Waals surface area contributed by atoms with E-state index in [0.717, 1.165) is 43.5 Å². The van der Waals surface area contributed by atoms with E-state index in [-0.39, 0.29) is 5.91 Å². The minimum absolute atomic E-state index is 0.0378. The monoisotopic (exact) mass is 483 g/mol. The summed E-state index contributed by atoms with van der Waals surface area (Å²) in [5.74, 6) is -0.0378. The summed E-state index contributed by atoms with van der Waals surface area (Å²) in [7, 11) is 0. The summed E-state index contributed by atoms with van der Waals surface area (Å²) >= 11 is 17.5. The molecule has 3 aromatic rings. The third-order valence-electron chi connectivity index (χ3n) is 4.68. The molecule has 2 aromatic carbocycles. The summed E-state index contributed by atoms with van der Waals surface area (Å²) in [5.41, 5.74) is 2.61. The molecule has 1 fully saturated rings. The maximum Gasteiger partial charge on any atom is 0.255 e. The number of nitrogens with zero attached hydrogens (tertiary/aromatic N) is 3. The van der Waals surface area contributed by atoms with Crippen molar-refractivity contribution in [3.63, 3.8) is 0 Å². The number of amides is 1. The van der Waals surface area contributed by atoms with Crippen LogP contribution in [0.3, 0.4) is 0 Å². The number of carbonyl (C=O) groups excluding carboxylic acids is 1. The Balaban J connectivity index is 1.51. The van der Waals surface area contributed by atoms with Crippen LogP contribution < -0.4 is 4.90 Å². The molecule has 0 bridgehead atoms. The largest absolute Gasteiger partial charge is 0.345 e. The second-order valence-corrected chi connectivity index (χ2v) is 9.15. The molecular formula is C19H16BrCl2N3OS. The minimum atomic E-state index is -0.0378. The molecule has 0 saturated carbocycles. The minimum Gasteiger partial charge on any atom is -0.345 e. The summed E-state index contributed by atoms with van der Waals surface area (Å²) in [4.78, 5) is 21.7. The lowest BCUT2D eigenvalue weighted by molar-refractivity contribution is 0.0747. The van der Waals surface area contributed by atoms with Crippen molar-refractivity contribution >= 4 is 71.7 Å². The van der Waals surface area contributed by atoms with Crippen LogP contribution in [0, 0.1) is 6.92 Å². The van der Waals surface area contributed by atoms with Gasteiger partial charge < -0.3 is 9.80 Å². The highest BCUT2D eigenvalue weighted by Crippen LogP contribution is 2.36. The maximum absolute atomic E-state index is 12.8. The fourth-order valence-electron chi connectivity index (χ4n) is 3.16. The molecule has 4 nitrogen and oxygen atoms in total. The van der Waals surface area contributed by atoms with E-state index >= 15 is 0 Å². The van der Waals surface area contributed by atoms with Crippen LogP contribution in [0.2, 0.25) is 10.0 Å². The number of anilines is 1. The lowest BCUT2D eigenvalue weighted by Gasteiger charge is -2.34. The number of hydrogen-bond acceptors (Lipinski definition) is 4. The van der Waals surface area contributed by atoms with Gasteiger partial charge in [0.25, 0.3) is 5.91 Å². The van der Waals surface area contributed by atoms with Gasteiger partial charge in [0, 0.05) is 30.7 Å². The standard InChI is InChI=1S/C19H16BrCl2N3OS/c1-11-2-4-15(22)17-16(11)23-19(27-17)25-8-6-24(7-9-25)18(26)13-10-12(20)3-5-14(13)21/h2-5,10H,6-9H2,1H3. The summed E-state index contributed by atoms with van der Waals surface area (Å²) in [6.45, 7) is 4.76. The van der Waals surface area contributed by atoms with E-state index in [9.17, 15) is 4.79 Å². The quantitative estimate of drug-likeness (QED) is 0.472. The number of aromatic nitrogens is 1. The van der Waals surface area contributed by atoms with Crippen molar-refractivity contribution in [3.05, 3.63) is 56.0 Å². The summed E-state index contributed by atoms with van der Waals surface area (Å²) in [6.07, 6.45) is 0. The molecule has 1 aromatic heterocycles. The number of aryl methyl sites for hydroxylation is 1. The van der Waals surface area contributed by atoms with E-state index in [1.807, 2.05) is 30.0 Å². The molecule has 4 rings (SSSR count). The van der Waals surface area contributed by atoms with Crippen molar-refractivity contribution in [1.82, 2.24) is 9.88 Å². The Labute approximate surface area is 179 Å². The van der Waals surface area contributed by atoms with Crippen LogP contribution in [0.15, 0.2) is 34.8 Å². The number of thiazole rings is 1. The second kappa shape index (κ2) is 7.59. The Bertz CT molecular complexity index is 992. The number of carbonyl (C=O) groups is 1. The average Bonchev–Trinajstić information content (AvgIpc) is 3.13. The highest BCUT2D eigenvalue weighted by atomic mass is 79.9. The van der Waals surface area contributed by atoms with E-state index < -0.39 is 0 Å². The third kappa shape index (κ3) is 3.68. The fourth-order valence-corrected chi connectivity index (χ4v) is 5.09. The topological polar surface area (TPSA) is 36.4 Å². The van der Waals surface area contributed by atoms with Crippen molar-refractivity contribution < 1.29 is 4.79 Å². The molecule has 2 heterocycles. The third-order valence-corrected chi connectivity index (χ3v) is 7.08. The van der Waals surface area contributed by atoms with E-state index in [4.69, 9.17) is 28.2 Å². The van der Waals surface area contributed by atoms with Gasteiger partial charge in [0.15, 0.2) is 5.13 Å². The highest BCUT2D eigenvalue weighted by molar-refractivity contribution is 9.10. The van der Waals surface area contributed by atoms with Crippen molar-refractivity contribution in [3.8, 4) is 0 Å². The van der Waals surface area contributed by atoms with Crippen LogP contribution in [0.5, 0.6) is 0 Å². The van der Waals surface area contributed by atoms with E-state index in [0.29, 0.717) is 23.7 Å². The van der Waals surface area contributed by atoms with Gasteiger partial charge in [0.2, 0.25) is 0 Å². The van der Waals surface area contributed by atoms with Crippen LogP contribution in [0.25, 0.3) is 10.2 Å². The normalized spacial score (nSPS) is 14.8. The summed E-state index contributed by atoms with van der Waals surface area (Å²) in [5, 5.41) is 2.16. The fraction of sp³-hybridized carbons (Fsp3) is 0.263. The zero-order valence-corrected chi connectivity index (χ0v) is 18.4. The summed E-state index contributed by atoms with van der Waals surface area (Å²) < 4.78 is 1.86. The number of benzene rings is 2. The van der Waals surface area contributed by atoms with Crippen LogP contribution in [0.1, 0.15) is 15.9 Å². The number of hydrogen-bond donors (Lipinski definition) is 0. The van der Waals surface area contributed by atoms with Crippen LogP contribution in [-0.4, -0.2) is 42.0 Å². The van der Waals surface area contributed by atoms with Gasteiger partial charge in [0.05, 0.1) is 25.8 Å². The Hall–Kier alpha value is -1.34. The number of fused-ring (bicyclic) bond motifs is 1. The zero-order chi connectivity index (χ0) is 19.1. The summed E-state index contributed by atoms with van der Waals surface area (Å²) in [6, 6.07) is 9.25.